The van der Waals surface area contributed by atoms with Crippen molar-refractivity contribution in [2.45, 2.75) is 95.5 Å². The molecular formula is C34H44O13. The van der Waals surface area contributed by atoms with Crippen molar-refractivity contribution in [2.75, 3.05) is 20.3 Å². The van der Waals surface area contributed by atoms with Gasteiger partial charge in [-0.2, -0.15) is 0 Å². The Morgan fingerprint density at radius 1 is 0.787 bits per heavy atom. The van der Waals surface area contributed by atoms with Gasteiger partial charge in [0.1, 0.15) is 37.6 Å². The molecule has 13 heteroatoms. The molecular weight excluding hydrogens is 616 g/mol. The number of aliphatic hydroxyl groups is 2. The highest BCUT2D eigenvalue weighted by Crippen LogP contribution is 2.36. The summed E-state index contributed by atoms with van der Waals surface area (Å²) in [5.74, 6) is -2.70. The fraction of sp³-hybridized carbons (Fsp3) is 0.559. The molecule has 2 aliphatic rings. The lowest BCUT2D eigenvalue weighted by atomic mass is 9.90. The van der Waals surface area contributed by atoms with Gasteiger partial charge in [-0.25, -0.2) is 4.79 Å². The number of esters is 3. The molecule has 0 aliphatic carbocycles. The van der Waals surface area contributed by atoms with E-state index in [-0.39, 0.29) is 32.8 Å². The van der Waals surface area contributed by atoms with Crippen molar-refractivity contribution in [3.63, 3.8) is 0 Å². The lowest BCUT2D eigenvalue weighted by molar-refractivity contribution is -0.332. The number of methoxy groups -OCH3 is 1. The minimum absolute atomic E-state index is 0.0485. The number of carbonyl (C=O) groups excluding carboxylic acids is 3. The summed E-state index contributed by atoms with van der Waals surface area (Å²) in [4.78, 5) is 37.5. The molecule has 0 amide bonds. The maximum absolute atomic E-state index is 13.2. The molecule has 0 saturated carbocycles. The molecule has 2 aromatic carbocycles. The Bertz CT molecular complexity index is 1280. The zero-order chi connectivity index (χ0) is 33.9. The van der Waals surface area contributed by atoms with E-state index < -0.39 is 78.9 Å². The molecule has 13 nitrogen and oxygen atoms in total. The van der Waals surface area contributed by atoms with Crippen molar-refractivity contribution < 1.29 is 62.5 Å². The molecule has 2 saturated heterocycles. The van der Waals surface area contributed by atoms with Gasteiger partial charge in [-0.1, -0.05) is 67.6 Å². The average molecular weight is 661 g/mol. The van der Waals surface area contributed by atoms with Gasteiger partial charge in [-0.15, -0.1) is 0 Å². The van der Waals surface area contributed by atoms with E-state index in [2.05, 4.69) is 0 Å². The Morgan fingerprint density at radius 3 is 2.00 bits per heavy atom. The van der Waals surface area contributed by atoms with Gasteiger partial charge in [0.25, 0.3) is 0 Å². The zero-order valence-electron chi connectivity index (χ0n) is 27.0. The van der Waals surface area contributed by atoms with Crippen LogP contribution < -0.4 is 0 Å². The second-order valence-corrected chi connectivity index (χ2v) is 11.5. The molecule has 10 atom stereocenters. The Kier molecular flexibility index (Phi) is 13.7. The third-order valence-corrected chi connectivity index (χ3v) is 8.08. The monoisotopic (exact) mass is 660 g/mol. The summed E-state index contributed by atoms with van der Waals surface area (Å²) >= 11 is 0. The van der Waals surface area contributed by atoms with Gasteiger partial charge < -0.3 is 48.1 Å². The van der Waals surface area contributed by atoms with Crippen LogP contribution in [0.25, 0.3) is 0 Å². The van der Waals surface area contributed by atoms with E-state index in [0.29, 0.717) is 0 Å². The number of benzene rings is 2. The maximum Gasteiger partial charge on any atom is 0.338 e. The van der Waals surface area contributed by atoms with E-state index in [1.165, 1.54) is 21.0 Å². The SMILES string of the molecule is CO[C@H]1[C@H](O)[C@@H](C(=O)OCc2ccccc2)OC(O[C@H]2[C@H](OC(C)=O)[C@@H](OCc3ccccc3)[C@@H](CCO)O[C@@H]2COC(C)=O)[C@@H]1C. The maximum atomic E-state index is 13.2. The van der Waals surface area contributed by atoms with Crippen LogP contribution >= 0.6 is 0 Å². The highest BCUT2D eigenvalue weighted by atomic mass is 16.7. The first kappa shape index (κ1) is 36.4. The number of hydrogen-bond donors (Lipinski definition) is 2. The van der Waals surface area contributed by atoms with E-state index in [0.717, 1.165) is 11.1 Å². The molecule has 0 aromatic heterocycles. The summed E-state index contributed by atoms with van der Waals surface area (Å²) in [6.45, 7) is 3.70. The van der Waals surface area contributed by atoms with Gasteiger partial charge in [0.05, 0.1) is 18.8 Å². The van der Waals surface area contributed by atoms with Crippen molar-refractivity contribution in [3.8, 4) is 0 Å². The second kappa shape index (κ2) is 17.6. The van der Waals surface area contributed by atoms with E-state index >= 15 is 0 Å². The average Bonchev–Trinajstić information content (AvgIpc) is 3.05. The van der Waals surface area contributed by atoms with Gasteiger partial charge in [0, 0.05) is 33.5 Å². The van der Waals surface area contributed by atoms with Gasteiger partial charge >= 0.3 is 17.9 Å². The van der Waals surface area contributed by atoms with Crippen LogP contribution in [0, 0.1) is 5.92 Å². The standard InChI is InChI=1S/C34H44O13/c1-20-28(40-4)27(38)31(33(39)43-18-24-13-9-6-10-14-24)47-34(20)46-30-26(19-41-21(2)36)45-25(15-16-35)29(32(30)44-22(3)37)42-17-23-11-7-5-8-12-23/h5-14,20,25-32,34-35,38H,15-19H2,1-4H3/t20-,25-,26-,27+,28-,29+,30-,31+,32-,34?/m1/s1. The molecule has 0 spiro atoms. The Labute approximate surface area is 273 Å². The first-order valence-corrected chi connectivity index (χ1v) is 15.6. The summed E-state index contributed by atoms with van der Waals surface area (Å²) in [5, 5.41) is 20.9. The smallest absolute Gasteiger partial charge is 0.338 e. The summed E-state index contributed by atoms with van der Waals surface area (Å²) in [7, 11) is 1.39. The molecule has 2 fully saturated rings. The van der Waals surface area contributed by atoms with Crippen LogP contribution in [0.2, 0.25) is 0 Å². The van der Waals surface area contributed by atoms with E-state index in [1.807, 2.05) is 48.5 Å². The molecule has 0 bridgehead atoms. The highest BCUT2D eigenvalue weighted by molar-refractivity contribution is 5.75. The summed E-state index contributed by atoms with van der Waals surface area (Å²) in [5.41, 5.74) is 1.58. The van der Waals surface area contributed by atoms with Gasteiger partial charge in [-0.05, 0) is 17.5 Å². The van der Waals surface area contributed by atoms with Crippen LogP contribution in [0.4, 0.5) is 0 Å². The predicted octanol–water partition coefficient (Wildman–Crippen LogP) is 2.08. The summed E-state index contributed by atoms with van der Waals surface area (Å²) in [6.07, 6.45) is -9.91. The minimum atomic E-state index is -1.49. The first-order valence-electron chi connectivity index (χ1n) is 15.6. The van der Waals surface area contributed by atoms with Crippen molar-refractivity contribution in [2.24, 2.45) is 5.92 Å². The van der Waals surface area contributed by atoms with E-state index in [4.69, 9.17) is 37.9 Å². The van der Waals surface area contributed by atoms with Crippen molar-refractivity contribution in [3.05, 3.63) is 71.8 Å². The summed E-state index contributed by atoms with van der Waals surface area (Å²) < 4.78 is 47.3. The molecule has 47 heavy (non-hydrogen) atoms. The quantitative estimate of drug-likeness (QED) is 0.224. The van der Waals surface area contributed by atoms with Gasteiger partial charge in [0.2, 0.25) is 0 Å². The Hall–Kier alpha value is -3.43. The second-order valence-electron chi connectivity index (χ2n) is 11.5. The predicted molar refractivity (Wildman–Crippen MR) is 163 cm³/mol. The van der Waals surface area contributed by atoms with Crippen molar-refractivity contribution in [1.29, 1.82) is 0 Å². The fourth-order valence-electron chi connectivity index (χ4n) is 5.80. The van der Waals surface area contributed by atoms with Crippen molar-refractivity contribution >= 4 is 17.9 Å². The molecule has 2 aromatic rings. The topological polar surface area (TPSA) is 166 Å². The summed E-state index contributed by atoms with van der Waals surface area (Å²) in [6, 6.07) is 18.4. The number of aliphatic hydroxyl groups excluding tert-OH is 2. The molecule has 4 rings (SSSR count). The van der Waals surface area contributed by atoms with Gasteiger partial charge in [-0.3, -0.25) is 9.59 Å². The largest absolute Gasteiger partial charge is 0.463 e. The normalized spacial score (nSPS) is 30.7. The Balaban J connectivity index is 1.63. The lowest BCUT2D eigenvalue weighted by Gasteiger charge is -2.48. The van der Waals surface area contributed by atoms with Crippen LogP contribution in [0.1, 0.15) is 38.3 Å². The highest BCUT2D eigenvalue weighted by Gasteiger charge is 2.54. The first-order chi connectivity index (χ1) is 22.6. The molecule has 2 heterocycles. The van der Waals surface area contributed by atoms with Crippen LogP contribution in [0.5, 0.6) is 0 Å². The van der Waals surface area contributed by atoms with E-state index in [1.54, 1.807) is 19.1 Å². The number of hydrogen-bond acceptors (Lipinski definition) is 13. The third-order valence-electron chi connectivity index (χ3n) is 8.08. The number of rotatable bonds is 14. The number of ether oxygens (including phenoxy) is 8. The van der Waals surface area contributed by atoms with E-state index in [9.17, 15) is 24.6 Å². The Morgan fingerprint density at radius 2 is 1.43 bits per heavy atom. The fourth-order valence-corrected chi connectivity index (χ4v) is 5.80. The molecule has 0 radical (unpaired) electrons. The van der Waals surface area contributed by atoms with Gasteiger partial charge in [0.15, 0.2) is 18.5 Å². The number of carbonyl (C=O) groups is 3. The zero-order valence-corrected chi connectivity index (χ0v) is 27.0. The third kappa shape index (κ3) is 9.80. The van der Waals surface area contributed by atoms with Crippen LogP contribution in [-0.4, -0.2) is 104 Å². The molecule has 2 aliphatic heterocycles. The van der Waals surface area contributed by atoms with Crippen molar-refractivity contribution in [1.82, 2.24) is 0 Å². The lowest BCUT2D eigenvalue weighted by Crippen LogP contribution is -2.64. The molecule has 2 N–H and O–H groups in total. The van der Waals surface area contributed by atoms with Crippen LogP contribution in [-0.2, 0) is 65.5 Å². The molecule has 1 unspecified atom stereocenters. The van der Waals surface area contributed by atoms with Crippen LogP contribution in [0.15, 0.2) is 60.7 Å². The van der Waals surface area contributed by atoms with Crippen LogP contribution in [0.3, 0.4) is 0 Å². The minimum Gasteiger partial charge on any atom is -0.463 e. The molecule has 258 valence electrons.